The third-order valence-electron chi connectivity index (χ3n) is 6.44. The van der Waals surface area contributed by atoms with Crippen molar-refractivity contribution in [1.29, 1.82) is 0 Å². The number of carbonyl (C=O) groups is 5. The van der Waals surface area contributed by atoms with Crippen molar-refractivity contribution in [2.45, 2.75) is 50.9 Å². The van der Waals surface area contributed by atoms with Gasteiger partial charge in [-0.2, -0.15) is 0 Å². The van der Waals surface area contributed by atoms with E-state index in [1.165, 1.54) is 9.80 Å². The summed E-state index contributed by atoms with van der Waals surface area (Å²) in [6, 6.07) is 4.10. The number of nitrogen functional groups attached to an aromatic ring is 1. The lowest BCUT2D eigenvalue weighted by Crippen LogP contribution is -2.53. The first kappa shape index (κ1) is 24.7. The number of amides is 3. The number of nitrogens with two attached hydrogens (primary N) is 1. The lowest BCUT2D eigenvalue weighted by Gasteiger charge is -2.29. The highest BCUT2D eigenvalue weighted by Gasteiger charge is 2.54. The van der Waals surface area contributed by atoms with Crippen LogP contribution in [0.15, 0.2) is 35.6 Å². The molecule has 0 radical (unpaired) electrons. The van der Waals surface area contributed by atoms with Crippen LogP contribution in [0.1, 0.15) is 37.0 Å². The number of anilines is 1. The number of hydrogen-bond donors (Lipinski definition) is 2. The van der Waals surface area contributed by atoms with Crippen LogP contribution in [-0.2, 0) is 23.9 Å². The van der Waals surface area contributed by atoms with Gasteiger partial charge in [0.05, 0.1) is 12.6 Å². The van der Waals surface area contributed by atoms with E-state index in [1.807, 2.05) is 13.8 Å². The fourth-order valence-corrected chi connectivity index (χ4v) is 5.04. The van der Waals surface area contributed by atoms with Crippen molar-refractivity contribution < 1.29 is 28.7 Å². The molecule has 3 N–H and O–H groups in total. The molecule has 2 fully saturated rings. The molecule has 1 aromatic carbocycles. The molecule has 3 aliphatic rings. The minimum absolute atomic E-state index is 0.0919. The van der Waals surface area contributed by atoms with E-state index in [0.29, 0.717) is 24.1 Å². The highest BCUT2D eigenvalue weighted by Crippen LogP contribution is 2.32. The normalized spacial score (nSPS) is 24.3. The van der Waals surface area contributed by atoms with Gasteiger partial charge < -0.3 is 25.6 Å². The number of carbonyl (C=O) groups excluding carboxylic acids is 5. The molecule has 35 heavy (non-hydrogen) atoms. The Hall–Kier alpha value is -3.40. The number of nitrogens with zero attached hydrogens (tertiary/aromatic N) is 2. The summed E-state index contributed by atoms with van der Waals surface area (Å²) in [5.41, 5.74) is 6.56. The van der Waals surface area contributed by atoms with Crippen LogP contribution < -0.4 is 11.1 Å². The van der Waals surface area contributed by atoms with Gasteiger partial charge in [-0.1, -0.05) is 13.8 Å². The van der Waals surface area contributed by atoms with E-state index in [1.54, 1.807) is 24.3 Å². The van der Waals surface area contributed by atoms with E-state index in [0.717, 1.165) is 6.08 Å². The largest absolute Gasteiger partial charge is 0.461 e. The SMILES string of the molecule is CC(C)CC(NC(=O)c1ccc(N)cc1)C(=O)N1CCC2C1C(=O)CN2C(=O)C1OC(Cl)=CC1=O. The number of hydrogen-bond acceptors (Lipinski definition) is 7. The standard InChI is InChI=1S/C24H27ClN4O6/c1-12(2)9-15(27-22(32)13-3-5-14(26)6-4-13)23(33)28-8-7-16-20(28)18(31)11-29(16)24(34)21-17(30)10-19(25)35-21/h3-6,10,12,15-16,20-21H,7-9,11,26H2,1-2H3,(H,27,32). The van der Waals surface area contributed by atoms with Gasteiger partial charge in [-0.05, 0) is 54.6 Å². The summed E-state index contributed by atoms with van der Waals surface area (Å²) >= 11 is 5.71. The number of ketones is 2. The topological polar surface area (TPSA) is 139 Å². The number of halogens is 1. The third kappa shape index (κ3) is 4.88. The molecule has 11 heteroatoms. The first-order valence-corrected chi connectivity index (χ1v) is 11.8. The van der Waals surface area contributed by atoms with Crippen LogP contribution in [0.25, 0.3) is 0 Å². The number of fused-ring (bicyclic) bond motifs is 1. The maximum absolute atomic E-state index is 13.5. The molecule has 3 amide bonds. The molecule has 2 saturated heterocycles. The van der Waals surface area contributed by atoms with Crippen molar-refractivity contribution in [2.75, 3.05) is 18.8 Å². The van der Waals surface area contributed by atoms with E-state index in [9.17, 15) is 24.0 Å². The van der Waals surface area contributed by atoms with Crippen molar-refractivity contribution in [1.82, 2.24) is 15.1 Å². The first-order valence-electron chi connectivity index (χ1n) is 11.4. The summed E-state index contributed by atoms with van der Waals surface area (Å²) in [5, 5.41) is 2.62. The van der Waals surface area contributed by atoms with Gasteiger partial charge in [0.1, 0.15) is 12.1 Å². The van der Waals surface area contributed by atoms with Gasteiger partial charge in [0.15, 0.2) is 11.0 Å². The van der Waals surface area contributed by atoms with Crippen molar-refractivity contribution >= 4 is 46.6 Å². The van der Waals surface area contributed by atoms with Crippen LogP contribution in [0, 0.1) is 5.92 Å². The van der Waals surface area contributed by atoms with Gasteiger partial charge in [-0.25, -0.2) is 0 Å². The minimum atomic E-state index is -1.41. The lowest BCUT2D eigenvalue weighted by molar-refractivity contribution is -0.145. The Morgan fingerprint density at radius 3 is 2.46 bits per heavy atom. The Bertz CT molecular complexity index is 1100. The highest BCUT2D eigenvalue weighted by molar-refractivity contribution is 6.32. The predicted octanol–water partition coefficient (Wildman–Crippen LogP) is 0.842. The maximum Gasteiger partial charge on any atom is 0.272 e. The van der Waals surface area contributed by atoms with Crippen molar-refractivity contribution in [3.8, 4) is 0 Å². The Kier molecular flexibility index (Phi) is 6.84. The predicted molar refractivity (Wildman–Crippen MR) is 126 cm³/mol. The fraction of sp³-hybridized carbons (Fsp3) is 0.458. The van der Waals surface area contributed by atoms with E-state index in [2.05, 4.69) is 5.32 Å². The van der Waals surface area contributed by atoms with E-state index in [4.69, 9.17) is 22.1 Å². The maximum atomic E-state index is 13.5. The van der Waals surface area contributed by atoms with Crippen molar-refractivity contribution in [3.63, 3.8) is 0 Å². The zero-order valence-corrected chi connectivity index (χ0v) is 20.2. The number of ether oxygens (including phenoxy) is 1. The Labute approximate surface area is 207 Å². The molecule has 0 aromatic heterocycles. The molecule has 4 rings (SSSR count). The van der Waals surface area contributed by atoms with Gasteiger partial charge in [0.25, 0.3) is 11.8 Å². The molecule has 0 spiro atoms. The van der Waals surface area contributed by atoms with Gasteiger partial charge in [0.2, 0.25) is 17.8 Å². The summed E-state index contributed by atoms with van der Waals surface area (Å²) in [6.45, 7) is 3.88. The van der Waals surface area contributed by atoms with E-state index in [-0.39, 0.29) is 35.9 Å². The molecule has 186 valence electrons. The average Bonchev–Trinajstić information content (AvgIpc) is 3.47. The van der Waals surface area contributed by atoms with Gasteiger partial charge in [0, 0.05) is 23.9 Å². The van der Waals surface area contributed by atoms with Crippen LogP contribution in [0.5, 0.6) is 0 Å². The Balaban J connectivity index is 1.49. The van der Waals surface area contributed by atoms with Crippen LogP contribution in [-0.4, -0.2) is 76.4 Å². The molecular weight excluding hydrogens is 476 g/mol. The summed E-state index contributed by atoms with van der Waals surface area (Å²) in [6.07, 6.45) is 0.367. The zero-order chi connectivity index (χ0) is 25.4. The number of nitrogens with one attached hydrogen (secondary N) is 1. The van der Waals surface area contributed by atoms with Crippen LogP contribution in [0.4, 0.5) is 5.69 Å². The average molecular weight is 503 g/mol. The minimum Gasteiger partial charge on any atom is -0.461 e. The summed E-state index contributed by atoms with van der Waals surface area (Å²) < 4.78 is 5.12. The molecule has 0 saturated carbocycles. The molecule has 1 aromatic rings. The molecule has 4 unspecified atom stereocenters. The van der Waals surface area contributed by atoms with Crippen LogP contribution >= 0.6 is 11.6 Å². The van der Waals surface area contributed by atoms with E-state index >= 15 is 0 Å². The fourth-order valence-electron chi connectivity index (χ4n) is 4.84. The second kappa shape index (κ2) is 9.69. The lowest BCUT2D eigenvalue weighted by atomic mass is 10.0. The number of likely N-dealkylation sites (tertiary alicyclic amines) is 2. The highest BCUT2D eigenvalue weighted by atomic mass is 35.5. The molecular formula is C24H27ClN4O6. The summed E-state index contributed by atoms with van der Waals surface area (Å²) in [5.74, 6) is -2.23. The number of benzene rings is 1. The number of Topliss-reactive ketones (excluding diaryl/α,β-unsaturated/α-hetero) is 1. The molecule has 3 heterocycles. The zero-order valence-electron chi connectivity index (χ0n) is 19.4. The monoisotopic (exact) mass is 502 g/mol. The van der Waals surface area contributed by atoms with Crippen molar-refractivity contribution in [2.24, 2.45) is 5.92 Å². The molecule has 0 bridgehead atoms. The Morgan fingerprint density at radius 2 is 1.86 bits per heavy atom. The third-order valence-corrected chi connectivity index (χ3v) is 6.64. The second-order valence-electron chi connectivity index (χ2n) is 9.39. The summed E-state index contributed by atoms with van der Waals surface area (Å²) in [4.78, 5) is 67.0. The van der Waals surface area contributed by atoms with Crippen LogP contribution in [0.2, 0.25) is 0 Å². The Morgan fingerprint density at radius 1 is 1.17 bits per heavy atom. The first-order chi connectivity index (χ1) is 16.6. The molecule has 4 atom stereocenters. The van der Waals surface area contributed by atoms with Crippen molar-refractivity contribution in [3.05, 3.63) is 41.1 Å². The number of rotatable bonds is 6. The molecule has 0 aliphatic carbocycles. The van der Waals surface area contributed by atoms with Gasteiger partial charge >= 0.3 is 0 Å². The smallest absolute Gasteiger partial charge is 0.272 e. The quantitative estimate of drug-likeness (QED) is 0.434. The van der Waals surface area contributed by atoms with Crippen LogP contribution in [0.3, 0.4) is 0 Å². The molecule has 10 nitrogen and oxygen atoms in total. The van der Waals surface area contributed by atoms with Gasteiger partial charge in [-0.3, -0.25) is 24.0 Å². The second-order valence-corrected chi connectivity index (χ2v) is 9.76. The summed E-state index contributed by atoms with van der Waals surface area (Å²) in [7, 11) is 0. The molecule has 3 aliphatic heterocycles. The van der Waals surface area contributed by atoms with E-state index < -0.39 is 41.8 Å². The van der Waals surface area contributed by atoms with Gasteiger partial charge in [-0.15, -0.1) is 0 Å².